The summed E-state index contributed by atoms with van der Waals surface area (Å²) in [4.78, 5) is 25.3. The molecular formula is C24H26BrN3O3. The molecule has 2 aliphatic rings. The van der Waals surface area contributed by atoms with Crippen LogP contribution in [0.5, 0.6) is 0 Å². The zero-order chi connectivity index (χ0) is 21.7. The van der Waals surface area contributed by atoms with E-state index >= 15 is 0 Å². The molecule has 4 rings (SSSR count). The van der Waals surface area contributed by atoms with Crippen molar-refractivity contribution >= 4 is 33.5 Å². The molecule has 0 unspecified atom stereocenters. The molecule has 31 heavy (non-hydrogen) atoms. The van der Waals surface area contributed by atoms with Gasteiger partial charge in [0.25, 0.3) is 5.91 Å². The number of carbonyl (C=O) groups excluding carboxylic acids is 2. The minimum Gasteiger partial charge on any atom is -0.381 e. The molecule has 1 fully saturated rings. The second-order valence-corrected chi connectivity index (χ2v) is 8.98. The van der Waals surface area contributed by atoms with Crippen LogP contribution >= 0.6 is 15.9 Å². The van der Waals surface area contributed by atoms with Gasteiger partial charge in [-0.25, -0.2) is 5.01 Å². The van der Waals surface area contributed by atoms with Crippen molar-refractivity contribution in [2.45, 2.75) is 37.6 Å². The van der Waals surface area contributed by atoms with Crippen LogP contribution in [0, 0.1) is 0 Å². The molecule has 2 amide bonds. The number of rotatable bonds is 6. The quantitative estimate of drug-likeness (QED) is 0.679. The lowest BCUT2D eigenvalue weighted by Crippen LogP contribution is -2.47. The number of nitrogens with zero attached hydrogens (tertiary/aromatic N) is 2. The maximum atomic E-state index is 13.0. The highest BCUT2D eigenvalue weighted by Gasteiger charge is 2.35. The molecule has 0 aromatic heterocycles. The SMILES string of the molecule is O=C(NCC1(c2ccc(Br)cc2)CCOCC1)C1=NN(Cc2ccccc2)C(=O)CC1. The molecule has 2 aromatic carbocycles. The number of benzene rings is 2. The summed E-state index contributed by atoms with van der Waals surface area (Å²) >= 11 is 3.49. The Balaban J connectivity index is 1.46. The summed E-state index contributed by atoms with van der Waals surface area (Å²) in [5.74, 6) is -0.260. The van der Waals surface area contributed by atoms with Crippen molar-refractivity contribution in [3.63, 3.8) is 0 Å². The van der Waals surface area contributed by atoms with Crippen molar-refractivity contribution in [1.29, 1.82) is 0 Å². The lowest BCUT2D eigenvalue weighted by molar-refractivity contribution is -0.132. The maximum Gasteiger partial charge on any atom is 0.267 e. The number of hydrazone groups is 1. The molecule has 0 saturated carbocycles. The van der Waals surface area contributed by atoms with Crippen molar-refractivity contribution in [1.82, 2.24) is 10.3 Å². The standard InChI is InChI=1S/C24H26BrN3O3/c25-20-8-6-19(7-9-20)24(12-14-31-15-13-24)17-26-23(30)21-10-11-22(29)28(27-21)16-18-4-2-1-3-5-18/h1-9H,10-17H2,(H,26,30). The van der Waals surface area contributed by atoms with Gasteiger partial charge in [-0.05, 0) is 36.1 Å². The Labute approximate surface area is 190 Å². The molecule has 0 spiro atoms. The van der Waals surface area contributed by atoms with Crippen LogP contribution in [-0.4, -0.2) is 42.3 Å². The van der Waals surface area contributed by atoms with Crippen LogP contribution in [0.25, 0.3) is 0 Å². The van der Waals surface area contributed by atoms with Crippen molar-refractivity contribution in [2.75, 3.05) is 19.8 Å². The second-order valence-electron chi connectivity index (χ2n) is 8.07. The van der Waals surface area contributed by atoms with Crippen LogP contribution in [0.15, 0.2) is 64.2 Å². The van der Waals surface area contributed by atoms with Crippen molar-refractivity contribution in [3.8, 4) is 0 Å². The second kappa shape index (κ2) is 9.75. The van der Waals surface area contributed by atoms with Gasteiger partial charge in [0.15, 0.2) is 0 Å². The first kappa shape index (κ1) is 21.7. The molecular weight excluding hydrogens is 458 g/mol. The summed E-state index contributed by atoms with van der Waals surface area (Å²) in [6, 6.07) is 18.0. The Morgan fingerprint density at radius 1 is 1.06 bits per heavy atom. The van der Waals surface area contributed by atoms with Crippen LogP contribution in [0.3, 0.4) is 0 Å². The summed E-state index contributed by atoms with van der Waals surface area (Å²) in [6.07, 6.45) is 2.36. The van der Waals surface area contributed by atoms with Gasteiger partial charge in [0.05, 0.1) is 6.54 Å². The van der Waals surface area contributed by atoms with Crippen molar-refractivity contribution < 1.29 is 14.3 Å². The maximum absolute atomic E-state index is 13.0. The number of halogens is 1. The Morgan fingerprint density at radius 2 is 1.77 bits per heavy atom. The van der Waals surface area contributed by atoms with E-state index in [4.69, 9.17) is 4.74 Å². The predicted octanol–water partition coefficient (Wildman–Crippen LogP) is 3.79. The molecule has 0 bridgehead atoms. The zero-order valence-electron chi connectivity index (χ0n) is 17.4. The van der Waals surface area contributed by atoms with Gasteiger partial charge in [-0.1, -0.05) is 58.4 Å². The van der Waals surface area contributed by atoms with Crippen LogP contribution in [0.4, 0.5) is 0 Å². The zero-order valence-corrected chi connectivity index (χ0v) is 18.9. The number of hydrogen-bond acceptors (Lipinski definition) is 4. The summed E-state index contributed by atoms with van der Waals surface area (Å²) in [6.45, 7) is 2.23. The normalized spacial score (nSPS) is 18.4. The number of carbonyl (C=O) groups is 2. The summed E-state index contributed by atoms with van der Waals surface area (Å²) in [7, 11) is 0. The first-order chi connectivity index (χ1) is 15.1. The molecule has 1 saturated heterocycles. The lowest BCUT2D eigenvalue weighted by atomic mass is 9.74. The van der Waals surface area contributed by atoms with Gasteiger partial charge in [0, 0.05) is 42.5 Å². The Hall–Kier alpha value is -2.51. The smallest absolute Gasteiger partial charge is 0.267 e. The number of hydrogen-bond donors (Lipinski definition) is 1. The van der Waals surface area contributed by atoms with E-state index in [0.717, 1.165) is 22.9 Å². The average Bonchev–Trinajstić information content (AvgIpc) is 2.81. The van der Waals surface area contributed by atoms with E-state index in [2.05, 4.69) is 38.5 Å². The van der Waals surface area contributed by atoms with Gasteiger partial charge in [0.2, 0.25) is 5.91 Å². The van der Waals surface area contributed by atoms with Gasteiger partial charge in [0.1, 0.15) is 5.71 Å². The van der Waals surface area contributed by atoms with Gasteiger partial charge in [-0.2, -0.15) is 5.10 Å². The van der Waals surface area contributed by atoms with Crippen LogP contribution < -0.4 is 5.32 Å². The number of ether oxygens (including phenoxy) is 1. The van der Waals surface area contributed by atoms with Crippen LogP contribution in [-0.2, 0) is 26.3 Å². The molecule has 162 valence electrons. The summed E-state index contributed by atoms with van der Waals surface area (Å²) in [5.41, 5.74) is 2.43. The predicted molar refractivity (Wildman–Crippen MR) is 123 cm³/mol. The topological polar surface area (TPSA) is 71.0 Å². The molecule has 0 radical (unpaired) electrons. The van der Waals surface area contributed by atoms with E-state index < -0.39 is 0 Å². The lowest BCUT2D eigenvalue weighted by Gasteiger charge is -2.38. The van der Waals surface area contributed by atoms with E-state index in [9.17, 15) is 9.59 Å². The van der Waals surface area contributed by atoms with E-state index in [1.165, 1.54) is 10.6 Å². The van der Waals surface area contributed by atoms with Gasteiger partial charge >= 0.3 is 0 Å². The van der Waals surface area contributed by atoms with E-state index in [1.54, 1.807) is 0 Å². The molecule has 7 heteroatoms. The fraction of sp³-hybridized carbons (Fsp3) is 0.375. The molecule has 2 heterocycles. The fourth-order valence-corrected chi connectivity index (χ4v) is 4.39. The average molecular weight is 484 g/mol. The Morgan fingerprint density at radius 3 is 2.48 bits per heavy atom. The number of amides is 2. The van der Waals surface area contributed by atoms with Crippen molar-refractivity contribution in [3.05, 3.63) is 70.2 Å². The third kappa shape index (κ3) is 5.22. The van der Waals surface area contributed by atoms with Crippen LogP contribution in [0.2, 0.25) is 0 Å². The molecule has 6 nitrogen and oxygen atoms in total. The highest BCUT2D eigenvalue weighted by Crippen LogP contribution is 2.35. The van der Waals surface area contributed by atoms with Gasteiger partial charge < -0.3 is 10.1 Å². The fourth-order valence-electron chi connectivity index (χ4n) is 4.13. The first-order valence-electron chi connectivity index (χ1n) is 10.6. The molecule has 1 N–H and O–H groups in total. The minimum atomic E-state index is -0.200. The molecule has 2 aliphatic heterocycles. The third-order valence-electron chi connectivity index (χ3n) is 6.04. The van der Waals surface area contributed by atoms with Crippen LogP contribution in [0.1, 0.15) is 36.8 Å². The molecule has 0 aliphatic carbocycles. The van der Waals surface area contributed by atoms with E-state index in [0.29, 0.717) is 44.9 Å². The van der Waals surface area contributed by atoms with Gasteiger partial charge in [-0.3, -0.25) is 9.59 Å². The van der Waals surface area contributed by atoms with E-state index in [-0.39, 0.29) is 17.2 Å². The van der Waals surface area contributed by atoms with E-state index in [1.807, 2.05) is 42.5 Å². The molecule has 0 atom stereocenters. The highest BCUT2D eigenvalue weighted by molar-refractivity contribution is 9.10. The molecule has 2 aromatic rings. The largest absolute Gasteiger partial charge is 0.381 e. The number of nitrogens with one attached hydrogen (secondary N) is 1. The third-order valence-corrected chi connectivity index (χ3v) is 6.56. The minimum absolute atomic E-state index is 0.0591. The Bertz CT molecular complexity index is 954. The highest BCUT2D eigenvalue weighted by atomic mass is 79.9. The summed E-state index contributed by atoms with van der Waals surface area (Å²) < 4.78 is 6.62. The van der Waals surface area contributed by atoms with Crippen molar-refractivity contribution in [2.24, 2.45) is 5.10 Å². The van der Waals surface area contributed by atoms with Gasteiger partial charge in [-0.15, -0.1) is 0 Å². The first-order valence-corrected chi connectivity index (χ1v) is 11.4. The summed E-state index contributed by atoms with van der Waals surface area (Å²) in [5, 5.41) is 8.90. The Kier molecular flexibility index (Phi) is 6.83. The monoisotopic (exact) mass is 483 g/mol.